The second-order valence-corrected chi connectivity index (χ2v) is 5.73. The van der Waals surface area contributed by atoms with E-state index in [0.717, 1.165) is 23.2 Å². The van der Waals surface area contributed by atoms with Crippen molar-refractivity contribution < 1.29 is 4.42 Å². The van der Waals surface area contributed by atoms with Gasteiger partial charge in [0.2, 0.25) is 0 Å². The molecule has 0 saturated carbocycles. The lowest BCUT2D eigenvalue weighted by atomic mass is 10.00. The van der Waals surface area contributed by atoms with Crippen molar-refractivity contribution in [1.29, 1.82) is 0 Å². The summed E-state index contributed by atoms with van der Waals surface area (Å²) in [6, 6.07) is 19.5. The van der Waals surface area contributed by atoms with Crippen LogP contribution in [0.2, 0.25) is 0 Å². The first-order valence-electron chi connectivity index (χ1n) is 7.36. The monoisotopic (exact) mass is 278 g/mol. The van der Waals surface area contributed by atoms with Crippen molar-refractivity contribution in [3.63, 3.8) is 0 Å². The number of hydrazine groups is 1. The number of hydrogen-bond acceptors (Lipinski definition) is 3. The molecule has 2 heterocycles. The number of aryl methyl sites for hydroxylation is 1. The SMILES string of the molecule is Cc1ccc(C2CC(c3cc4ccccc4o3)NN2)cc1. The molecule has 1 aliphatic rings. The molecule has 1 saturated heterocycles. The van der Waals surface area contributed by atoms with Gasteiger partial charge in [-0.25, -0.2) is 10.9 Å². The van der Waals surface area contributed by atoms with Crippen molar-refractivity contribution in [2.45, 2.75) is 25.4 Å². The third-order valence-electron chi connectivity index (χ3n) is 4.17. The van der Waals surface area contributed by atoms with Crippen molar-refractivity contribution in [3.05, 3.63) is 71.5 Å². The largest absolute Gasteiger partial charge is 0.459 e. The number of hydrogen-bond donors (Lipinski definition) is 2. The topological polar surface area (TPSA) is 37.2 Å². The van der Waals surface area contributed by atoms with Gasteiger partial charge in [0.15, 0.2) is 0 Å². The van der Waals surface area contributed by atoms with Crippen LogP contribution in [0.5, 0.6) is 0 Å². The zero-order valence-electron chi connectivity index (χ0n) is 12.0. The zero-order chi connectivity index (χ0) is 14.2. The van der Waals surface area contributed by atoms with Gasteiger partial charge in [0.1, 0.15) is 11.3 Å². The summed E-state index contributed by atoms with van der Waals surface area (Å²) in [6.45, 7) is 2.11. The van der Waals surface area contributed by atoms with Crippen LogP contribution >= 0.6 is 0 Å². The van der Waals surface area contributed by atoms with E-state index in [4.69, 9.17) is 4.42 Å². The molecule has 3 nitrogen and oxygen atoms in total. The van der Waals surface area contributed by atoms with Gasteiger partial charge in [0.25, 0.3) is 0 Å². The molecular formula is C18H18N2O. The standard InChI is InChI=1S/C18H18N2O/c1-12-6-8-13(9-7-12)15-11-16(20-19-15)18-10-14-4-2-3-5-17(14)21-18/h2-10,15-16,19-20H,11H2,1H3. The number of furan rings is 1. The molecule has 3 heteroatoms. The molecule has 106 valence electrons. The fourth-order valence-corrected chi connectivity index (χ4v) is 2.93. The van der Waals surface area contributed by atoms with E-state index >= 15 is 0 Å². The molecule has 1 aromatic heterocycles. The number of benzene rings is 2. The third-order valence-corrected chi connectivity index (χ3v) is 4.17. The summed E-state index contributed by atoms with van der Waals surface area (Å²) in [7, 11) is 0. The van der Waals surface area contributed by atoms with E-state index in [1.165, 1.54) is 11.1 Å². The number of rotatable bonds is 2. The maximum atomic E-state index is 5.95. The Kier molecular flexibility index (Phi) is 3.02. The summed E-state index contributed by atoms with van der Waals surface area (Å²) < 4.78 is 5.95. The lowest BCUT2D eigenvalue weighted by Crippen LogP contribution is -2.26. The average molecular weight is 278 g/mol. The predicted octanol–water partition coefficient (Wildman–Crippen LogP) is 4.02. The van der Waals surface area contributed by atoms with Crippen LogP contribution in [-0.2, 0) is 0 Å². The van der Waals surface area contributed by atoms with E-state index in [0.29, 0.717) is 6.04 Å². The predicted molar refractivity (Wildman–Crippen MR) is 83.8 cm³/mol. The van der Waals surface area contributed by atoms with E-state index in [1.807, 2.05) is 18.2 Å². The molecule has 2 atom stereocenters. The summed E-state index contributed by atoms with van der Waals surface area (Å²) in [6.07, 6.45) is 0.989. The van der Waals surface area contributed by atoms with Crippen LogP contribution in [0.3, 0.4) is 0 Å². The van der Waals surface area contributed by atoms with E-state index in [1.54, 1.807) is 0 Å². The average Bonchev–Trinajstić information content (AvgIpc) is 3.14. The van der Waals surface area contributed by atoms with E-state index in [2.05, 4.69) is 54.2 Å². The van der Waals surface area contributed by atoms with Crippen molar-refractivity contribution in [2.24, 2.45) is 0 Å². The van der Waals surface area contributed by atoms with Gasteiger partial charge in [-0.3, -0.25) is 0 Å². The molecule has 0 aliphatic carbocycles. The van der Waals surface area contributed by atoms with Crippen molar-refractivity contribution >= 4 is 11.0 Å². The Labute approximate surface area is 123 Å². The van der Waals surface area contributed by atoms with Crippen LogP contribution in [0.15, 0.2) is 59.0 Å². The van der Waals surface area contributed by atoms with Gasteiger partial charge >= 0.3 is 0 Å². The van der Waals surface area contributed by atoms with Gasteiger partial charge in [-0.15, -0.1) is 0 Å². The Balaban J connectivity index is 1.56. The Morgan fingerprint density at radius 2 is 1.71 bits per heavy atom. The van der Waals surface area contributed by atoms with Gasteiger partial charge in [-0.05, 0) is 31.0 Å². The summed E-state index contributed by atoms with van der Waals surface area (Å²) in [5.74, 6) is 0.998. The summed E-state index contributed by atoms with van der Waals surface area (Å²) in [4.78, 5) is 0. The van der Waals surface area contributed by atoms with Crippen molar-refractivity contribution in [1.82, 2.24) is 10.9 Å². The molecular weight excluding hydrogens is 260 g/mol. The quantitative estimate of drug-likeness (QED) is 0.743. The Bertz CT molecular complexity index is 727. The van der Waals surface area contributed by atoms with Gasteiger partial charge in [0, 0.05) is 11.4 Å². The first kappa shape index (κ1) is 12.6. The van der Waals surface area contributed by atoms with Gasteiger partial charge in [-0.1, -0.05) is 48.0 Å². The number of fused-ring (bicyclic) bond motifs is 1. The molecule has 1 fully saturated rings. The van der Waals surface area contributed by atoms with Crippen LogP contribution in [0.1, 0.15) is 35.4 Å². The Morgan fingerprint density at radius 1 is 0.952 bits per heavy atom. The summed E-state index contributed by atoms with van der Waals surface area (Å²) in [5.41, 5.74) is 10.3. The minimum absolute atomic E-state index is 0.212. The molecule has 1 aliphatic heterocycles. The van der Waals surface area contributed by atoms with Crippen molar-refractivity contribution in [2.75, 3.05) is 0 Å². The zero-order valence-corrected chi connectivity index (χ0v) is 12.0. The smallest absolute Gasteiger partial charge is 0.134 e. The fourth-order valence-electron chi connectivity index (χ4n) is 2.93. The highest BCUT2D eigenvalue weighted by molar-refractivity contribution is 5.77. The molecule has 0 spiro atoms. The van der Waals surface area contributed by atoms with Gasteiger partial charge < -0.3 is 4.42 Å². The summed E-state index contributed by atoms with van der Waals surface area (Å²) >= 11 is 0. The molecule has 2 N–H and O–H groups in total. The molecule has 3 aromatic rings. The first-order chi connectivity index (χ1) is 10.3. The van der Waals surface area contributed by atoms with Gasteiger partial charge in [-0.2, -0.15) is 0 Å². The molecule has 0 bridgehead atoms. The highest BCUT2D eigenvalue weighted by Crippen LogP contribution is 2.33. The lowest BCUT2D eigenvalue weighted by Gasteiger charge is -2.09. The van der Waals surface area contributed by atoms with E-state index < -0.39 is 0 Å². The van der Waals surface area contributed by atoms with Crippen molar-refractivity contribution in [3.8, 4) is 0 Å². The molecule has 0 amide bonds. The third kappa shape index (κ3) is 2.35. The van der Waals surface area contributed by atoms with E-state index in [-0.39, 0.29) is 6.04 Å². The molecule has 4 rings (SSSR count). The normalized spacial score (nSPS) is 22.0. The Hall–Kier alpha value is -2.10. The Morgan fingerprint density at radius 3 is 2.52 bits per heavy atom. The minimum Gasteiger partial charge on any atom is -0.459 e. The summed E-state index contributed by atoms with van der Waals surface area (Å²) in [5, 5.41) is 1.16. The van der Waals surface area contributed by atoms with Crippen LogP contribution in [0.25, 0.3) is 11.0 Å². The molecule has 2 unspecified atom stereocenters. The van der Waals surface area contributed by atoms with Crippen LogP contribution < -0.4 is 10.9 Å². The lowest BCUT2D eigenvalue weighted by molar-refractivity contribution is 0.455. The molecule has 0 radical (unpaired) electrons. The maximum absolute atomic E-state index is 5.95. The maximum Gasteiger partial charge on any atom is 0.134 e. The van der Waals surface area contributed by atoms with Crippen LogP contribution in [0, 0.1) is 6.92 Å². The first-order valence-corrected chi connectivity index (χ1v) is 7.36. The van der Waals surface area contributed by atoms with E-state index in [9.17, 15) is 0 Å². The van der Waals surface area contributed by atoms with Crippen LogP contribution in [-0.4, -0.2) is 0 Å². The molecule has 21 heavy (non-hydrogen) atoms. The number of nitrogens with one attached hydrogen (secondary N) is 2. The second kappa shape index (κ2) is 5.02. The second-order valence-electron chi connectivity index (χ2n) is 5.73. The highest BCUT2D eigenvalue weighted by Gasteiger charge is 2.28. The minimum atomic E-state index is 0.212. The highest BCUT2D eigenvalue weighted by atomic mass is 16.3. The molecule has 2 aromatic carbocycles. The number of para-hydroxylation sites is 1. The van der Waals surface area contributed by atoms with Gasteiger partial charge in [0.05, 0.1) is 6.04 Å². The fraction of sp³-hybridized carbons (Fsp3) is 0.222. The van der Waals surface area contributed by atoms with Crippen LogP contribution in [0.4, 0.5) is 0 Å².